The average molecular weight is 334 g/mol. The molecule has 1 rings (SSSR count). The molecule has 0 amide bonds. The van der Waals surface area contributed by atoms with Crippen molar-refractivity contribution < 1.29 is 22.9 Å². The van der Waals surface area contributed by atoms with Gasteiger partial charge in [0.2, 0.25) is 10.0 Å². The lowest BCUT2D eigenvalue weighted by molar-refractivity contribution is -0.384. The quantitative estimate of drug-likeness (QED) is 0.342. The minimum atomic E-state index is -3.95. The molecule has 0 radical (unpaired) electrons. The summed E-state index contributed by atoms with van der Waals surface area (Å²) >= 11 is 1.45. The van der Waals surface area contributed by atoms with E-state index in [0.29, 0.717) is 5.75 Å². The van der Waals surface area contributed by atoms with E-state index in [0.717, 1.165) is 25.3 Å². The summed E-state index contributed by atoms with van der Waals surface area (Å²) in [4.78, 5) is 21.3. The van der Waals surface area contributed by atoms with Crippen LogP contribution in [0.1, 0.15) is 10.4 Å². The summed E-state index contributed by atoms with van der Waals surface area (Å²) in [5, 5.41) is 10.7. The van der Waals surface area contributed by atoms with Gasteiger partial charge < -0.3 is 4.74 Å². The molecule has 0 fully saturated rings. The second-order valence-corrected chi connectivity index (χ2v) is 6.54. The summed E-state index contributed by atoms with van der Waals surface area (Å²) in [6, 6.07) is 2.93. The predicted octanol–water partition coefficient (Wildman–Crippen LogP) is 1.02. The first-order chi connectivity index (χ1) is 9.83. The van der Waals surface area contributed by atoms with Crippen LogP contribution < -0.4 is 4.72 Å². The number of esters is 1. The Balaban J connectivity index is 3.28. The van der Waals surface area contributed by atoms with Gasteiger partial charge in [-0.15, -0.1) is 0 Å². The standard InChI is InChI=1S/C11H14N2O6S2/c1-19-11(14)9-7-8(13(15)16)3-4-10(9)21(17,18)12-5-6-20-2/h3-4,7,12H,5-6H2,1-2H3. The largest absolute Gasteiger partial charge is 0.465 e. The SMILES string of the molecule is COC(=O)c1cc([N+](=O)[O-])ccc1S(=O)(=O)NCCSC. The van der Waals surface area contributed by atoms with Crippen molar-refractivity contribution in [2.24, 2.45) is 0 Å². The van der Waals surface area contributed by atoms with Gasteiger partial charge >= 0.3 is 5.97 Å². The van der Waals surface area contributed by atoms with Crippen LogP contribution in [0.3, 0.4) is 0 Å². The number of methoxy groups -OCH3 is 1. The molecule has 8 nitrogen and oxygen atoms in total. The molecular formula is C11H14N2O6S2. The molecule has 0 unspecified atom stereocenters. The van der Waals surface area contributed by atoms with Gasteiger partial charge in [-0.3, -0.25) is 10.1 Å². The maximum Gasteiger partial charge on any atom is 0.339 e. The van der Waals surface area contributed by atoms with Crippen molar-refractivity contribution in [3.8, 4) is 0 Å². The molecule has 0 aliphatic carbocycles. The molecule has 1 N–H and O–H groups in total. The minimum Gasteiger partial charge on any atom is -0.465 e. The number of nitrogens with zero attached hydrogens (tertiary/aromatic N) is 1. The first-order valence-electron chi connectivity index (χ1n) is 5.69. The summed E-state index contributed by atoms with van der Waals surface area (Å²) in [5.41, 5.74) is -0.762. The Labute approximate surface area is 126 Å². The van der Waals surface area contributed by atoms with Gasteiger partial charge in [-0.2, -0.15) is 11.8 Å². The van der Waals surface area contributed by atoms with Crippen LogP contribution in [0.25, 0.3) is 0 Å². The fourth-order valence-corrected chi connectivity index (χ4v) is 3.13. The molecule has 0 saturated heterocycles. The number of hydrogen-bond donors (Lipinski definition) is 1. The van der Waals surface area contributed by atoms with Gasteiger partial charge in [0.1, 0.15) is 0 Å². The third kappa shape index (κ3) is 4.41. The maximum absolute atomic E-state index is 12.1. The van der Waals surface area contributed by atoms with Crippen LogP contribution >= 0.6 is 11.8 Å². The van der Waals surface area contributed by atoms with E-state index in [4.69, 9.17) is 0 Å². The number of hydrogen-bond acceptors (Lipinski definition) is 7. The van der Waals surface area contributed by atoms with E-state index in [1.807, 2.05) is 6.26 Å². The Kier molecular flexibility index (Phi) is 6.12. The van der Waals surface area contributed by atoms with Crippen molar-refractivity contribution in [3.63, 3.8) is 0 Å². The van der Waals surface area contributed by atoms with Gasteiger partial charge in [0.05, 0.1) is 22.5 Å². The molecule has 1 aromatic rings. The highest BCUT2D eigenvalue weighted by Crippen LogP contribution is 2.22. The first kappa shape index (κ1) is 17.4. The van der Waals surface area contributed by atoms with E-state index in [1.165, 1.54) is 11.8 Å². The predicted molar refractivity (Wildman–Crippen MR) is 78.0 cm³/mol. The molecule has 0 spiro atoms. The zero-order valence-electron chi connectivity index (χ0n) is 11.4. The van der Waals surface area contributed by atoms with Crippen molar-refractivity contribution in [1.29, 1.82) is 0 Å². The van der Waals surface area contributed by atoms with E-state index in [9.17, 15) is 23.3 Å². The molecule has 116 valence electrons. The van der Waals surface area contributed by atoms with Crippen LogP contribution in [0, 0.1) is 10.1 Å². The van der Waals surface area contributed by atoms with Gasteiger partial charge in [0, 0.05) is 24.4 Å². The van der Waals surface area contributed by atoms with E-state index in [-0.39, 0.29) is 17.0 Å². The van der Waals surface area contributed by atoms with Crippen LogP contribution in [-0.4, -0.2) is 45.0 Å². The number of benzene rings is 1. The van der Waals surface area contributed by atoms with Gasteiger partial charge in [0.25, 0.3) is 5.69 Å². The van der Waals surface area contributed by atoms with E-state index in [2.05, 4.69) is 9.46 Å². The van der Waals surface area contributed by atoms with Crippen molar-refractivity contribution in [2.45, 2.75) is 4.90 Å². The molecule has 1 aromatic carbocycles. The summed E-state index contributed by atoms with van der Waals surface area (Å²) in [6.45, 7) is 0.182. The number of nitrogens with one attached hydrogen (secondary N) is 1. The molecule has 0 atom stereocenters. The van der Waals surface area contributed by atoms with Gasteiger partial charge in [0.15, 0.2) is 0 Å². The normalized spacial score (nSPS) is 11.1. The monoisotopic (exact) mass is 334 g/mol. The van der Waals surface area contributed by atoms with Crippen molar-refractivity contribution in [1.82, 2.24) is 4.72 Å². The smallest absolute Gasteiger partial charge is 0.339 e. The van der Waals surface area contributed by atoms with Gasteiger partial charge in [-0.05, 0) is 12.3 Å². The second kappa shape index (κ2) is 7.38. The number of ether oxygens (including phenoxy) is 1. The molecule has 0 bridgehead atoms. The number of rotatable bonds is 7. The molecular weight excluding hydrogens is 320 g/mol. The van der Waals surface area contributed by atoms with E-state index < -0.39 is 26.6 Å². The van der Waals surface area contributed by atoms with Crippen LogP contribution in [0.5, 0.6) is 0 Å². The molecule has 0 saturated carbocycles. The Hall–Kier alpha value is -1.65. The van der Waals surface area contributed by atoms with Crippen LogP contribution in [0.4, 0.5) is 5.69 Å². The highest BCUT2D eigenvalue weighted by molar-refractivity contribution is 7.98. The average Bonchev–Trinajstić information content (AvgIpc) is 2.45. The Bertz CT molecular complexity index is 644. The molecule has 0 aliphatic heterocycles. The molecule has 21 heavy (non-hydrogen) atoms. The number of sulfonamides is 1. The number of nitro benzene ring substituents is 1. The molecule has 10 heteroatoms. The number of nitro groups is 1. The topological polar surface area (TPSA) is 116 Å². The summed E-state index contributed by atoms with van der Waals surface area (Å²) in [6.07, 6.45) is 1.82. The maximum atomic E-state index is 12.1. The lowest BCUT2D eigenvalue weighted by Gasteiger charge is -2.10. The minimum absolute atomic E-state index is 0.182. The lowest BCUT2D eigenvalue weighted by Crippen LogP contribution is -2.27. The van der Waals surface area contributed by atoms with Crippen LogP contribution in [-0.2, 0) is 14.8 Å². The zero-order valence-corrected chi connectivity index (χ0v) is 13.0. The third-order valence-corrected chi connectivity index (χ3v) is 4.60. The van der Waals surface area contributed by atoms with Crippen LogP contribution in [0.15, 0.2) is 23.1 Å². The van der Waals surface area contributed by atoms with E-state index in [1.54, 1.807) is 0 Å². The molecule has 0 aromatic heterocycles. The second-order valence-electron chi connectivity index (χ2n) is 3.82. The van der Waals surface area contributed by atoms with Crippen LogP contribution in [0.2, 0.25) is 0 Å². The summed E-state index contributed by atoms with van der Waals surface area (Å²) < 4.78 is 31.1. The fourth-order valence-electron chi connectivity index (χ4n) is 1.49. The zero-order chi connectivity index (χ0) is 16.0. The summed E-state index contributed by atoms with van der Waals surface area (Å²) in [7, 11) is -2.88. The third-order valence-electron chi connectivity index (χ3n) is 2.47. The molecule has 0 heterocycles. The number of thioether (sulfide) groups is 1. The van der Waals surface area contributed by atoms with E-state index >= 15 is 0 Å². The van der Waals surface area contributed by atoms with Gasteiger partial charge in [-0.25, -0.2) is 17.9 Å². The summed E-state index contributed by atoms with van der Waals surface area (Å²) in [5.74, 6) is -0.399. The van der Waals surface area contributed by atoms with Gasteiger partial charge in [-0.1, -0.05) is 0 Å². The van der Waals surface area contributed by atoms with Crippen molar-refractivity contribution in [2.75, 3.05) is 25.7 Å². The van der Waals surface area contributed by atoms with Crippen molar-refractivity contribution in [3.05, 3.63) is 33.9 Å². The lowest BCUT2D eigenvalue weighted by atomic mass is 10.2. The molecule has 0 aliphatic rings. The van der Waals surface area contributed by atoms with Crippen molar-refractivity contribution >= 4 is 33.4 Å². The highest BCUT2D eigenvalue weighted by atomic mass is 32.2. The fraction of sp³-hybridized carbons (Fsp3) is 0.364. The number of carbonyl (C=O) groups excluding carboxylic acids is 1. The number of carbonyl (C=O) groups is 1. The first-order valence-corrected chi connectivity index (χ1v) is 8.56. The Morgan fingerprint density at radius 3 is 2.67 bits per heavy atom. The number of non-ortho nitro benzene ring substituents is 1. The Morgan fingerprint density at radius 1 is 1.48 bits per heavy atom. The highest BCUT2D eigenvalue weighted by Gasteiger charge is 2.25. The Morgan fingerprint density at radius 2 is 2.14 bits per heavy atom.